The van der Waals surface area contributed by atoms with Crippen molar-refractivity contribution in [1.29, 1.82) is 0 Å². The third-order valence-corrected chi connectivity index (χ3v) is 2.12. The highest BCUT2D eigenvalue weighted by Crippen LogP contribution is 2.30. The van der Waals surface area contributed by atoms with Crippen molar-refractivity contribution in [2.24, 2.45) is 0 Å². The van der Waals surface area contributed by atoms with E-state index in [-0.39, 0.29) is 6.61 Å². The summed E-state index contributed by atoms with van der Waals surface area (Å²) in [7, 11) is 0. The fraction of sp³-hybridized carbons (Fsp3) is 0.273. The summed E-state index contributed by atoms with van der Waals surface area (Å²) < 4.78 is 0. The van der Waals surface area contributed by atoms with Gasteiger partial charge < -0.3 is 5.11 Å². The first-order valence-corrected chi connectivity index (χ1v) is 4.28. The van der Waals surface area contributed by atoms with Crippen LogP contribution in [0.15, 0.2) is 29.8 Å². The van der Waals surface area contributed by atoms with Gasteiger partial charge in [-0.1, -0.05) is 35.9 Å². The first-order valence-electron chi connectivity index (χ1n) is 4.28. The summed E-state index contributed by atoms with van der Waals surface area (Å²) in [5, 5.41) is 9.02. The van der Waals surface area contributed by atoms with Crippen molar-refractivity contribution < 1.29 is 5.11 Å². The lowest BCUT2D eigenvalue weighted by atomic mass is 10.1. The minimum Gasteiger partial charge on any atom is -0.392 e. The molecule has 1 aliphatic carbocycles. The third-order valence-electron chi connectivity index (χ3n) is 2.12. The fourth-order valence-corrected chi connectivity index (χ4v) is 1.26. The van der Waals surface area contributed by atoms with Crippen LogP contribution in [0.4, 0.5) is 0 Å². The van der Waals surface area contributed by atoms with Crippen molar-refractivity contribution >= 4 is 6.08 Å². The van der Waals surface area contributed by atoms with Gasteiger partial charge in [-0.3, -0.25) is 0 Å². The lowest BCUT2D eigenvalue weighted by Gasteiger charge is -2.00. The minimum absolute atomic E-state index is 0.139. The Morgan fingerprint density at radius 1 is 1.25 bits per heavy atom. The van der Waals surface area contributed by atoms with E-state index >= 15 is 0 Å². The maximum absolute atomic E-state index is 9.02. The first kappa shape index (κ1) is 7.56. The molecule has 0 atom stereocenters. The largest absolute Gasteiger partial charge is 0.392 e. The topological polar surface area (TPSA) is 20.2 Å². The molecule has 1 aliphatic rings. The number of aliphatic hydroxyl groups excluding tert-OH is 1. The number of allylic oxidation sites excluding steroid dienone is 1. The van der Waals surface area contributed by atoms with Crippen molar-refractivity contribution in [3.63, 3.8) is 0 Å². The molecule has 0 unspecified atom stereocenters. The Morgan fingerprint density at radius 2 is 2.00 bits per heavy atom. The standard InChI is InChI=1S/C11H12O/c12-8-11-4-2-1-3-10(11)7-9-5-6-9/h1-4,7,12H,5-6,8H2. The molecule has 0 spiro atoms. The number of aliphatic hydroxyl groups is 1. The molecule has 1 aromatic rings. The van der Waals surface area contributed by atoms with Crippen molar-refractivity contribution in [2.75, 3.05) is 0 Å². The van der Waals surface area contributed by atoms with E-state index < -0.39 is 0 Å². The zero-order chi connectivity index (χ0) is 8.39. The summed E-state index contributed by atoms with van der Waals surface area (Å²) >= 11 is 0. The van der Waals surface area contributed by atoms with E-state index in [1.54, 1.807) is 0 Å². The van der Waals surface area contributed by atoms with Crippen LogP contribution in [0.3, 0.4) is 0 Å². The lowest BCUT2D eigenvalue weighted by Crippen LogP contribution is -1.86. The second-order valence-electron chi connectivity index (χ2n) is 3.16. The Hall–Kier alpha value is -1.08. The smallest absolute Gasteiger partial charge is 0.0687 e. The van der Waals surface area contributed by atoms with Crippen LogP contribution in [0.5, 0.6) is 0 Å². The molecule has 0 radical (unpaired) electrons. The quantitative estimate of drug-likeness (QED) is 0.704. The molecular formula is C11H12O. The number of benzene rings is 1. The highest BCUT2D eigenvalue weighted by Gasteiger charge is 2.11. The molecule has 62 valence electrons. The van der Waals surface area contributed by atoms with Crippen LogP contribution in [0.2, 0.25) is 0 Å². The number of hydrogen-bond donors (Lipinski definition) is 1. The van der Waals surface area contributed by atoms with Gasteiger partial charge in [-0.05, 0) is 24.0 Å². The van der Waals surface area contributed by atoms with Crippen LogP contribution in [-0.4, -0.2) is 5.11 Å². The minimum atomic E-state index is 0.139. The molecule has 0 aromatic heterocycles. The van der Waals surface area contributed by atoms with E-state index in [4.69, 9.17) is 5.11 Å². The first-order chi connectivity index (χ1) is 5.90. The molecule has 0 aliphatic heterocycles. The van der Waals surface area contributed by atoms with Crippen molar-refractivity contribution in [2.45, 2.75) is 19.4 Å². The summed E-state index contributed by atoms with van der Waals surface area (Å²) in [6, 6.07) is 7.99. The Bertz CT molecular complexity index is 307. The predicted octanol–water partition coefficient (Wildman–Crippen LogP) is 2.36. The molecule has 0 amide bonds. The Balaban J connectivity index is 2.34. The van der Waals surface area contributed by atoms with Crippen LogP contribution < -0.4 is 0 Å². The predicted molar refractivity (Wildman–Crippen MR) is 49.6 cm³/mol. The zero-order valence-corrected chi connectivity index (χ0v) is 6.96. The van der Waals surface area contributed by atoms with Gasteiger partial charge in [0.1, 0.15) is 0 Å². The van der Waals surface area contributed by atoms with E-state index in [2.05, 4.69) is 12.1 Å². The Kier molecular flexibility index (Phi) is 1.96. The van der Waals surface area contributed by atoms with Gasteiger partial charge in [0, 0.05) is 0 Å². The number of hydrogen-bond acceptors (Lipinski definition) is 1. The highest BCUT2D eigenvalue weighted by molar-refractivity contribution is 5.59. The van der Waals surface area contributed by atoms with Gasteiger partial charge in [0.05, 0.1) is 6.61 Å². The van der Waals surface area contributed by atoms with Crippen molar-refractivity contribution in [3.05, 3.63) is 41.0 Å². The summed E-state index contributed by atoms with van der Waals surface area (Å²) in [6.07, 6.45) is 4.66. The molecule has 0 bridgehead atoms. The average molecular weight is 160 g/mol. The maximum atomic E-state index is 9.02. The molecule has 1 aromatic carbocycles. The van der Waals surface area contributed by atoms with Crippen molar-refractivity contribution in [1.82, 2.24) is 0 Å². The van der Waals surface area contributed by atoms with Crippen LogP contribution >= 0.6 is 0 Å². The van der Waals surface area contributed by atoms with Gasteiger partial charge in [-0.25, -0.2) is 0 Å². The molecule has 12 heavy (non-hydrogen) atoms. The maximum Gasteiger partial charge on any atom is 0.0687 e. The van der Waals surface area contributed by atoms with Gasteiger partial charge in [0.25, 0.3) is 0 Å². The summed E-state index contributed by atoms with van der Waals surface area (Å²) in [6.45, 7) is 0.139. The van der Waals surface area contributed by atoms with Crippen LogP contribution in [0.1, 0.15) is 24.0 Å². The van der Waals surface area contributed by atoms with Crippen LogP contribution in [0, 0.1) is 0 Å². The Labute approximate surface area is 72.4 Å². The molecule has 1 saturated carbocycles. The summed E-state index contributed by atoms with van der Waals surface area (Å²) in [4.78, 5) is 0. The normalized spacial score (nSPS) is 14.6. The molecule has 1 nitrogen and oxygen atoms in total. The van der Waals surface area contributed by atoms with Gasteiger partial charge in [-0.2, -0.15) is 0 Å². The number of rotatable bonds is 2. The van der Waals surface area contributed by atoms with E-state index in [1.807, 2.05) is 18.2 Å². The third kappa shape index (κ3) is 1.56. The van der Waals surface area contributed by atoms with E-state index in [0.717, 1.165) is 5.56 Å². The van der Waals surface area contributed by atoms with Crippen molar-refractivity contribution in [3.8, 4) is 0 Å². The molecule has 1 fully saturated rings. The highest BCUT2D eigenvalue weighted by atomic mass is 16.3. The van der Waals surface area contributed by atoms with E-state index in [9.17, 15) is 0 Å². The van der Waals surface area contributed by atoms with Gasteiger partial charge >= 0.3 is 0 Å². The van der Waals surface area contributed by atoms with Gasteiger partial charge in [-0.15, -0.1) is 0 Å². The molecular weight excluding hydrogens is 148 g/mol. The molecule has 1 heteroatoms. The summed E-state index contributed by atoms with van der Waals surface area (Å²) in [5.74, 6) is 0. The van der Waals surface area contributed by atoms with Gasteiger partial charge in [0.2, 0.25) is 0 Å². The molecule has 0 heterocycles. The zero-order valence-electron chi connectivity index (χ0n) is 6.96. The molecule has 0 saturated heterocycles. The monoisotopic (exact) mass is 160 g/mol. The fourth-order valence-electron chi connectivity index (χ4n) is 1.26. The Morgan fingerprint density at radius 3 is 2.67 bits per heavy atom. The SMILES string of the molecule is OCc1ccccc1C=C1CC1. The molecule has 2 rings (SSSR count). The lowest BCUT2D eigenvalue weighted by molar-refractivity contribution is 0.281. The van der Waals surface area contributed by atoms with E-state index in [1.165, 1.54) is 24.0 Å². The summed E-state index contributed by atoms with van der Waals surface area (Å²) in [5.41, 5.74) is 3.69. The second-order valence-corrected chi connectivity index (χ2v) is 3.16. The molecule has 1 N–H and O–H groups in total. The van der Waals surface area contributed by atoms with Gasteiger partial charge in [0.15, 0.2) is 0 Å². The second kappa shape index (κ2) is 3.11. The van der Waals surface area contributed by atoms with Crippen LogP contribution in [-0.2, 0) is 6.61 Å². The van der Waals surface area contributed by atoms with Crippen LogP contribution in [0.25, 0.3) is 6.08 Å². The van der Waals surface area contributed by atoms with E-state index in [0.29, 0.717) is 0 Å². The average Bonchev–Trinajstić information content (AvgIpc) is 2.89.